The number of aromatic nitrogens is 2. The van der Waals surface area contributed by atoms with Gasteiger partial charge in [0, 0.05) is 31.4 Å². The van der Waals surface area contributed by atoms with Crippen LogP contribution in [-0.4, -0.2) is 23.6 Å². The SMILES string of the molecule is C=Cc1ccc2c(c1)CNCC2.CNc1cc2cc(-c3cnc(N)s3)ccc2cn1. The molecule has 2 aromatic heterocycles. The summed E-state index contributed by atoms with van der Waals surface area (Å²) in [4.78, 5) is 9.45. The zero-order valence-electron chi connectivity index (χ0n) is 17.0. The topological polar surface area (TPSA) is 75.9 Å². The largest absolute Gasteiger partial charge is 0.375 e. The molecule has 0 spiro atoms. The van der Waals surface area contributed by atoms with Crippen molar-refractivity contribution < 1.29 is 0 Å². The molecule has 0 amide bonds. The molecule has 30 heavy (non-hydrogen) atoms. The van der Waals surface area contributed by atoms with Crippen LogP contribution in [0.3, 0.4) is 0 Å². The number of nitrogens with zero attached hydrogens (tertiary/aromatic N) is 2. The second-order valence-corrected chi connectivity index (χ2v) is 8.17. The van der Waals surface area contributed by atoms with Gasteiger partial charge in [0.05, 0.1) is 4.88 Å². The summed E-state index contributed by atoms with van der Waals surface area (Å²) in [5, 5.41) is 9.27. The molecule has 0 atom stereocenters. The molecule has 6 heteroatoms. The number of fused-ring (bicyclic) bond motifs is 2. The van der Waals surface area contributed by atoms with E-state index in [0.29, 0.717) is 5.13 Å². The van der Waals surface area contributed by atoms with Crippen molar-refractivity contribution in [1.29, 1.82) is 0 Å². The molecule has 152 valence electrons. The van der Waals surface area contributed by atoms with Gasteiger partial charge in [-0.2, -0.15) is 0 Å². The van der Waals surface area contributed by atoms with Crippen LogP contribution in [0.2, 0.25) is 0 Å². The quantitative estimate of drug-likeness (QED) is 0.441. The minimum Gasteiger partial charge on any atom is -0.375 e. The standard InChI is InChI=1S/C13H12N4S.C11H13N/c1-15-12-5-10-4-8(2-3-9(10)6-16-12)11-7-17-13(14)18-11;1-2-9-3-4-10-5-6-12-8-11(10)7-9/h2-7H,1H3,(H2,14,17)(H,15,16);2-4,7,12H,1,5-6,8H2. The van der Waals surface area contributed by atoms with E-state index in [1.54, 1.807) is 6.20 Å². The number of hydrogen-bond donors (Lipinski definition) is 3. The zero-order valence-corrected chi connectivity index (χ0v) is 17.8. The van der Waals surface area contributed by atoms with Crippen LogP contribution in [0.1, 0.15) is 16.7 Å². The van der Waals surface area contributed by atoms with Crippen LogP contribution in [-0.2, 0) is 13.0 Å². The summed E-state index contributed by atoms with van der Waals surface area (Å²) in [6.07, 6.45) is 6.73. The highest BCUT2D eigenvalue weighted by Crippen LogP contribution is 2.30. The first-order valence-electron chi connectivity index (χ1n) is 9.90. The molecule has 0 saturated carbocycles. The molecular formula is C24H25N5S. The molecule has 5 rings (SSSR count). The van der Waals surface area contributed by atoms with Crippen LogP contribution < -0.4 is 16.4 Å². The van der Waals surface area contributed by atoms with Crippen LogP contribution in [0.25, 0.3) is 27.3 Å². The summed E-state index contributed by atoms with van der Waals surface area (Å²) in [6.45, 7) is 5.88. The Labute approximate surface area is 180 Å². The predicted octanol–water partition coefficient (Wildman–Crippen LogP) is 4.96. The van der Waals surface area contributed by atoms with Crippen molar-refractivity contribution in [3.63, 3.8) is 0 Å². The van der Waals surface area contributed by atoms with Gasteiger partial charge in [-0.1, -0.05) is 54.3 Å². The average molecular weight is 416 g/mol. The molecule has 0 bridgehead atoms. The van der Waals surface area contributed by atoms with E-state index in [1.807, 2.05) is 25.4 Å². The van der Waals surface area contributed by atoms with Crippen molar-refractivity contribution in [2.75, 3.05) is 24.6 Å². The predicted molar refractivity (Wildman–Crippen MR) is 129 cm³/mol. The minimum atomic E-state index is 0.593. The van der Waals surface area contributed by atoms with Gasteiger partial charge in [-0.25, -0.2) is 9.97 Å². The van der Waals surface area contributed by atoms with Gasteiger partial charge in [0.15, 0.2) is 5.13 Å². The van der Waals surface area contributed by atoms with E-state index in [-0.39, 0.29) is 0 Å². The van der Waals surface area contributed by atoms with Gasteiger partial charge in [-0.05, 0) is 52.7 Å². The Hall–Kier alpha value is -3.22. The minimum absolute atomic E-state index is 0.593. The molecule has 1 aliphatic heterocycles. The number of nitrogen functional groups attached to an aromatic ring is 1. The van der Waals surface area contributed by atoms with Crippen LogP contribution in [0.4, 0.5) is 10.9 Å². The lowest BCUT2D eigenvalue weighted by molar-refractivity contribution is 0.643. The number of pyridine rings is 1. The number of nitrogens with one attached hydrogen (secondary N) is 2. The number of hydrogen-bond acceptors (Lipinski definition) is 6. The Morgan fingerprint density at radius 1 is 1.07 bits per heavy atom. The van der Waals surface area contributed by atoms with Crippen LogP contribution in [0.5, 0.6) is 0 Å². The molecular weight excluding hydrogens is 390 g/mol. The molecule has 0 fully saturated rings. The van der Waals surface area contributed by atoms with Gasteiger partial charge in [-0.15, -0.1) is 0 Å². The third kappa shape index (κ3) is 4.50. The molecule has 5 nitrogen and oxygen atoms in total. The van der Waals surface area contributed by atoms with E-state index in [9.17, 15) is 0 Å². The Bertz CT molecular complexity index is 1180. The number of thiazole rings is 1. The molecule has 0 aliphatic carbocycles. The number of benzene rings is 2. The van der Waals surface area contributed by atoms with Gasteiger partial charge in [0.25, 0.3) is 0 Å². The highest BCUT2D eigenvalue weighted by Gasteiger charge is 2.07. The monoisotopic (exact) mass is 415 g/mol. The summed E-state index contributed by atoms with van der Waals surface area (Å²) < 4.78 is 0. The van der Waals surface area contributed by atoms with Crippen molar-refractivity contribution in [3.8, 4) is 10.4 Å². The molecule has 4 N–H and O–H groups in total. The van der Waals surface area contributed by atoms with E-state index in [0.717, 1.165) is 46.5 Å². The second kappa shape index (κ2) is 9.07. The molecule has 0 saturated heterocycles. The van der Waals surface area contributed by atoms with Crippen LogP contribution in [0, 0.1) is 0 Å². The maximum absolute atomic E-state index is 5.66. The molecule has 0 unspecified atom stereocenters. The van der Waals surface area contributed by atoms with Gasteiger partial charge >= 0.3 is 0 Å². The first kappa shape index (κ1) is 20.1. The maximum atomic E-state index is 5.66. The van der Waals surface area contributed by atoms with Gasteiger partial charge < -0.3 is 16.4 Å². The summed E-state index contributed by atoms with van der Waals surface area (Å²) in [5.41, 5.74) is 10.9. The van der Waals surface area contributed by atoms with E-state index in [2.05, 4.69) is 63.6 Å². The lowest BCUT2D eigenvalue weighted by Gasteiger charge is -2.16. The van der Waals surface area contributed by atoms with Crippen molar-refractivity contribution in [1.82, 2.24) is 15.3 Å². The fourth-order valence-corrected chi connectivity index (χ4v) is 4.16. The molecule has 1 aliphatic rings. The zero-order chi connectivity index (χ0) is 20.9. The van der Waals surface area contributed by atoms with Gasteiger partial charge in [-0.3, -0.25) is 0 Å². The molecule has 4 aromatic rings. The lowest BCUT2D eigenvalue weighted by atomic mass is 9.99. The van der Waals surface area contributed by atoms with E-state index < -0.39 is 0 Å². The third-order valence-corrected chi connectivity index (χ3v) is 6.01. The van der Waals surface area contributed by atoms with E-state index >= 15 is 0 Å². The van der Waals surface area contributed by atoms with Crippen molar-refractivity contribution in [2.45, 2.75) is 13.0 Å². The van der Waals surface area contributed by atoms with Gasteiger partial charge in [0.1, 0.15) is 5.82 Å². The third-order valence-electron chi connectivity index (χ3n) is 5.14. The van der Waals surface area contributed by atoms with Crippen LogP contribution >= 0.6 is 11.3 Å². The maximum Gasteiger partial charge on any atom is 0.180 e. The van der Waals surface area contributed by atoms with Crippen molar-refractivity contribution >= 4 is 39.1 Å². The molecule has 3 heterocycles. The van der Waals surface area contributed by atoms with Gasteiger partial charge in [0.2, 0.25) is 0 Å². The average Bonchev–Trinajstić information content (AvgIpc) is 3.24. The second-order valence-electron chi connectivity index (χ2n) is 7.10. The van der Waals surface area contributed by atoms with Crippen molar-refractivity contribution in [3.05, 3.63) is 78.1 Å². The number of anilines is 2. The summed E-state index contributed by atoms with van der Waals surface area (Å²) in [7, 11) is 1.86. The lowest BCUT2D eigenvalue weighted by Crippen LogP contribution is -2.23. The molecule has 0 radical (unpaired) electrons. The number of nitrogens with two attached hydrogens (primary N) is 1. The highest BCUT2D eigenvalue weighted by molar-refractivity contribution is 7.18. The fraction of sp³-hybridized carbons (Fsp3) is 0.167. The Morgan fingerprint density at radius 2 is 1.97 bits per heavy atom. The smallest absolute Gasteiger partial charge is 0.180 e. The highest BCUT2D eigenvalue weighted by atomic mass is 32.1. The first-order chi connectivity index (χ1) is 14.7. The fourth-order valence-electron chi connectivity index (χ4n) is 3.48. The Morgan fingerprint density at radius 3 is 2.73 bits per heavy atom. The van der Waals surface area contributed by atoms with Crippen LogP contribution in [0.15, 0.2) is 61.4 Å². The first-order valence-corrected chi connectivity index (χ1v) is 10.7. The Balaban J connectivity index is 0.000000158. The summed E-state index contributed by atoms with van der Waals surface area (Å²) in [6, 6.07) is 14.9. The molecule has 2 aromatic carbocycles. The summed E-state index contributed by atoms with van der Waals surface area (Å²) >= 11 is 1.49. The Kier molecular flexibility index (Phi) is 6.07. The summed E-state index contributed by atoms with van der Waals surface area (Å²) in [5.74, 6) is 0.864. The van der Waals surface area contributed by atoms with Crippen molar-refractivity contribution in [2.24, 2.45) is 0 Å². The number of rotatable bonds is 3. The van der Waals surface area contributed by atoms with E-state index in [4.69, 9.17) is 5.73 Å². The van der Waals surface area contributed by atoms with E-state index in [1.165, 1.54) is 28.0 Å². The normalized spacial score (nSPS) is 12.6.